The molecule has 1 amide bonds. The summed E-state index contributed by atoms with van der Waals surface area (Å²) in [6.07, 6.45) is 0.0122. The third-order valence-corrected chi connectivity index (χ3v) is 5.00. The van der Waals surface area contributed by atoms with Crippen molar-refractivity contribution in [1.29, 1.82) is 0 Å². The van der Waals surface area contributed by atoms with Crippen molar-refractivity contribution in [2.24, 2.45) is 0 Å². The molecule has 0 aromatic heterocycles. The minimum Gasteiger partial charge on any atom is -0.497 e. The van der Waals surface area contributed by atoms with E-state index in [-0.39, 0.29) is 6.04 Å². The first-order chi connectivity index (χ1) is 13.6. The molecular formula is C23H28BrNO4. The quantitative estimate of drug-likeness (QED) is 0.581. The number of hydrogen-bond acceptors (Lipinski definition) is 4. The summed E-state index contributed by atoms with van der Waals surface area (Å²) in [6.45, 7) is 9.74. The van der Waals surface area contributed by atoms with E-state index in [2.05, 4.69) is 27.8 Å². The lowest BCUT2D eigenvalue weighted by molar-refractivity contribution is 0.0516. The highest BCUT2D eigenvalue weighted by molar-refractivity contribution is 9.10. The average molecular weight is 462 g/mol. The number of alkyl carbamates (subject to hydrolysis) is 1. The Morgan fingerprint density at radius 1 is 1.10 bits per heavy atom. The lowest BCUT2D eigenvalue weighted by Crippen LogP contribution is -2.40. The summed E-state index contributed by atoms with van der Waals surface area (Å²) in [7, 11) is 3.24. The zero-order valence-electron chi connectivity index (χ0n) is 17.5. The maximum Gasteiger partial charge on any atom is 0.408 e. The van der Waals surface area contributed by atoms with Gasteiger partial charge < -0.3 is 19.5 Å². The molecule has 0 aliphatic heterocycles. The molecule has 0 aliphatic rings. The molecule has 2 aromatic carbocycles. The summed E-state index contributed by atoms with van der Waals surface area (Å²) in [5, 5.41) is 2.96. The smallest absolute Gasteiger partial charge is 0.408 e. The molecule has 0 bridgehead atoms. The van der Waals surface area contributed by atoms with Crippen molar-refractivity contribution < 1.29 is 19.0 Å². The molecule has 2 aromatic rings. The number of nitrogens with one attached hydrogen (secondary N) is 1. The van der Waals surface area contributed by atoms with E-state index in [9.17, 15) is 4.79 Å². The predicted octanol–water partition coefficient (Wildman–Crippen LogP) is 5.62. The second-order valence-electron chi connectivity index (χ2n) is 7.62. The molecule has 0 fully saturated rings. The van der Waals surface area contributed by atoms with Gasteiger partial charge in [0.2, 0.25) is 0 Å². The minimum atomic E-state index is -0.595. The molecule has 0 spiro atoms. The van der Waals surface area contributed by atoms with Crippen LogP contribution in [-0.4, -0.2) is 32.0 Å². The van der Waals surface area contributed by atoms with Crippen LogP contribution in [0.1, 0.15) is 31.9 Å². The van der Waals surface area contributed by atoms with Gasteiger partial charge in [-0.3, -0.25) is 0 Å². The summed E-state index contributed by atoms with van der Waals surface area (Å²) in [4.78, 5) is 12.5. The standard InChI is InChI=1S/C23H28BrNO4/c1-15(16-8-7-9-18(12-16)27-5)21(25-22(26)29-23(2,3)4)14-17-13-19(28-6)10-11-20(17)24/h7-13,21H,1,14H2,2-6H3,(H,25,26)/t21-/m0/s1. The van der Waals surface area contributed by atoms with E-state index in [4.69, 9.17) is 14.2 Å². The third-order valence-electron chi connectivity index (χ3n) is 4.23. The van der Waals surface area contributed by atoms with Gasteiger partial charge in [0.1, 0.15) is 17.1 Å². The first kappa shape index (κ1) is 22.8. The molecule has 1 atom stereocenters. The van der Waals surface area contributed by atoms with E-state index < -0.39 is 11.7 Å². The fraction of sp³-hybridized carbons (Fsp3) is 0.348. The molecule has 0 unspecified atom stereocenters. The molecule has 5 nitrogen and oxygen atoms in total. The van der Waals surface area contributed by atoms with Gasteiger partial charge in [-0.1, -0.05) is 34.6 Å². The molecule has 0 saturated heterocycles. The number of halogens is 1. The number of carbonyl (C=O) groups is 1. The van der Waals surface area contributed by atoms with Crippen molar-refractivity contribution in [2.45, 2.75) is 38.8 Å². The Hall–Kier alpha value is -2.47. The van der Waals surface area contributed by atoms with Crippen LogP contribution in [0, 0.1) is 0 Å². The molecule has 0 radical (unpaired) electrons. The van der Waals surface area contributed by atoms with Crippen molar-refractivity contribution in [3.05, 3.63) is 64.6 Å². The lowest BCUT2D eigenvalue weighted by Gasteiger charge is -2.26. The molecule has 0 aliphatic carbocycles. The molecule has 156 valence electrons. The van der Waals surface area contributed by atoms with Gasteiger partial charge in [-0.25, -0.2) is 4.79 Å². The van der Waals surface area contributed by atoms with Crippen LogP contribution in [0.15, 0.2) is 53.5 Å². The van der Waals surface area contributed by atoms with Gasteiger partial charge in [0.15, 0.2) is 0 Å². The highest BCUT2D eigenvalue weighted by Crippen LogP contribution is 2.28. The van der Waals surface area contributed by atoms with Gasteiger partial charge in [-0.2, -0.15) is 0 Å². The van der Waals surface area contributed by atoms with E-state index in [1.807, 2.05) is 63.2 Å². The maximum atomic E-state index is 12.5. The summed E-state index contributed by atoms with van der Waals surface area (Å²) in [5.41, 5.74) is 2.02. The van der Waals surface area contributed by atoms with Crippen LogP contribution in [0.2, 0.25) is 0 Å². The van der Waals surface area contributed by atoms with Crippen LogP contribution in [0.4, 0.5) is 4.79 Å². The SMILES string of the molecule is C=C(c1cccc(OC)c1)[C@H](Cc1cc(OC)ccc1Br)NC(=O)OC(C)(C)C. The molecular weight excluding hydrogens is 434 g/mol. The number of ether oxygens (including phenoxy) is 3. The lowest BCUT2D eigenvalue weighted by atomic mass is 9.94. The van der Waals surface area contributed by atoms with Crippen LogP contribution < -0.4 is 14.8 Å². The van der Waals surface area contributed by atoms with Crippen LogP contribution in [-0.2, 0) is 11.2 Å². The van der Waals surface area contributed by atoms with Crippen LogP contribution in [0.5, 0.6) is 11.5 Å². The topological polar surface area (TPSA) is 56.8 Å². The summed E-state index contributed by atoms with van der Waals surface area (Å²) < 4.78 is 17.0. The van der Waals surface area contributed by atoms with Gasteiger partial charge in [0, 0.05) is 4.47 Å². The van der Waals surface area contributed by atoms with Crippen molar-refractivity contribution in [2.75, 3.05) is 14.2 Å². The number of carbonyl (C=O) groups excluding carboxylic acids is 1. The highest BCUT2D eigenvalue weighted by atomic mass is 79.9. The van der Waals surface area contributed by atoms with Crippen molar-refractivity contribution in [3.63, 3.8) is 0 Å². The van der Waals surface area contributed by atoms with E-state index >= 15 is 0 Å². The predicted molar refractivity (Wildman–Crippen MR) is 120 cm³/mol. The summed E-state index contributed by atoms with van der Waals surface area (Å²) in [6, 6.07) is 12.9. The Kier molecular flexibility index (Phi) is 7.73. The Morgan fingerprint density at radius 2 is 1.76 bits per heavy atom. The monoisotopic (exact) mass is 461 g/mol. The second-order valence-corrected chi connectivity index (χ2v) is 8.47. The fourth-order valence-electron chi connectivity index (χ4n) is 2.79. The van der Waals surface area contributed by atoms with Crippen molar-refractivity contribution in [3.8, 4) is 11.5 Å². The number of methoxy groups -OCH3 is 2. The van der Waals surface area contributed by atoms with Crippen molar-refractivity contribution in [1.82, 2.24) is 5.32 Å². The van der Waals surface area contributed by atoms with E-state index in [1.54, 1.807) is 14.2 Å². The average Bonchev–Trinajstić information content (AvgIpc) is 2.67. The zero-order chi connectivity index (χ0) is 21.6. The van der Waals surface area contributed by atoms with Gasteiger partial charge >= 0.3 is 6.09 Å². The molecule has 0 saturated carbocycles. The number of amides is 1. The summed E-state index contributed by atoms with van der Waals surface area (Å²) in [5.74, 6) is 1.47. The molecule has 2 rings (SSSR count). The second kappa shape index (κ2) is 9.83. The molecule has 6 heteroatoms. The Labute approximate surface area is 181 Å². The Morgan fingerprint density at radius 3 is 2.38 bits per heavy atom. The normalized spacial score (nSPS) is 12.1. The largest absolute Gasteiger partial charge is 0.497 e. The number of hydrogen-bond donors (Lipinski definition) is 1. The summed E-state index contributed by atoms with van der Waals surface area (Å²) >= 11 is 3.58. The van der Waals surface area contributed by atoms with Gasteiger partial charge in [-0.05, 0) is 74.2 Å². The van der Waals surface area contributed by atoms with E-state index in [0.29, 0.717) is 6.42 Å². The van der Waals surface area contributed by atoms with Crippen molar-refractivity contribution >= 4 is 27.6 Å². The van der Waals surface area contributed by atoms with Crippen LogP contribution >= 0.6 is 15.9 Å². The Bertz CT molecular complexity index is 873. The van der Waals surface area contributed by atoms with E-state index in [1.165, 1.54) is 0 Å². The van der Waals surface area contributed by atoms with Gasteiger partial charge in [-0.15, -0.1) is 0 Å². The minimum absolute atomic E-state index is 0.389. The highest BCUT2D eigenvalue weighted by Gasteiger charge is 2.23. The first-order valence-electron chi connectivity index (χ1n) is 9.28. The Balaban J connectivity index is 2.34. The molecule has 29 heavy (non-hydrogen) atoms. The first-order valence-corrected chi connectivity index (χ1v) is 10.1. The van der Waals surface area contributed by atoms with E-state index in [0.717, 1.165) is 32.7 Å². The third kappa shape index (κ3) is 6.82. The van der Waals surface area contributed by atoms with Crippen LogP contribution in [0.3, 0.4) is 0 Å². The molecule has 1 N–H and O–H groups in total. The number of benzene rings is 2. The van der Waals surface area contributed by atoms with Gasteiger partial charge in [0.05, 0.1) is 20.3 Å². The zero-order valence-corrected chi connectivity index (χ0v) is 19.1. The fourth-order valence-corrected chi connectivity index (χ4v) is 3.20. The number of rotatable bonds is 7. The molecule has 0 heterocycles. The van der Waals surface area contributed by atoms with Crippen LogP contribution in [0.25, 0.3) is 5.57 Å². The van der Waals surface area contributed by atoms with Gasteiger partial charge in [0.25, 0.3) is 0 Å². The maximum absolute atomic E-state index is 12.5.